The Morgan fingerprint density at radius 3 is 1.13 bits per heavy atom. The maximum Gasteiger partial charge on any atom is 0.410 e. The van der Waals surface area contributed by atoms with Crippen LogP contribution in [0.2, 0.25) is 5.28 Å². The summed E-state index contributed by atoms with van der Waals surface area (Å²) in [7, 11) is 14.9. The van der Waals surface area contributed by atoms with E-state index in [9.17, 15) is 36.7 Å². The molecule has 4 spiro atoms. The number of benzene rings is 6. The van der Waals surface area contributed by atoms with Crippen molar-refractivity contribution >= 4 is 129 Å². The minimum Gasteiger partial charge on any atom is -0.493 e. The van der Waals surface area contributed by atoms with Crippen LogP contribution < -0.4 is 96.8 Å². The summed E-state index contributed by atoms with van der Waals surface area (Å²) in [5.74, 6) is -1.44. The summed E-state index contributed by atoms with van der Waals surface area (Å²) >= 11 is 5.62. The summed E-state index contributed by atoms with van der Waals surface area (Å²) in [4.78, 5) is 94.4. The molecule has 4 aromatic heterocycles. The van der Waals surface area contributed by atoms with E-state index in [1.807, 2.05) is 75.0 Å². The Labute approximate surface area is 851 Å². The number of hydrogen-bond acceptors (Lipinski definition) is 33. The van der Waals surface area contributed by atoms with Gasteiger partial charge in [0.2, 0.25) is 29.0 Å². The van der Waals surface area contributed by atoms with Gasteiger partial charge in [-0.25, -0.2) is 60.9 Å². The molecule has 8 aliphatic rings. The molecule has 2 radical (unpaired) electrons. The van der Waals surface area contributed by atoms with E-state index in [2.05, 4.69) is 74.4 Å². The van der Waals surface area contributed by atoms with Crippen LogP contribution in [0, 0.1) is 66.0 Å². The maximum absolute atomic E-state index is 15.3. The van der Waals surface area contributed by atoms with Crippen molar-refractivity contribution in [2.45, 2.75) is 165 Å². The summed E-state index contributed by atoms with van der Waals surface area (Å²) in [6, 6.07) is 17.9. The van der Waals surface area contributed by atoms with Gasteiger partial charge in [-0.05, 0) is 179 Å². The molecule has 18 rings (SSSR count). The van der Waals surface area contributed by atoms with Gasteiger partial charge in [0.1, 0.15) is 68.2 Å². The van der Waals surface area contributed by atoms with E-state index in [1.165, 1.54) is 100 Å². The molecule has 10 aromatic rings. The molecule has 8 fully saturated rings. The third-order valence-electron chi connectivity index (χ3n) is 25.3. The van der Waals surface area contributed by atoms with Crippen LogP contribution >= 0.6 is 11.6 Å². The van der Waals surface area contributed by atoms with Crippen LogP contribution in [0.1, 0.15) is 143 Å². The van der Waals surface area contributed by atoms with E-state index in [0.29, 0.717) is 91.7 Å². The average molecular weight is 2230 g/mol. The summed E-state index contributed by atoms with van der Waals surface area (Å²) in [5, 5.41) is 23.3. The standard InChI is InChI=1S/C27H32F2N6O3.C21H28FN5O4.C16H20FN5O2.C11H14FNO2.C11H20N2O2.C10H9ClFN3O2.BH.U/c1-4-31-19(16-5-7-17(28)8-6-16)14-21(36)34-11-12-35(27(15-34)9-10-27)26-32-23-18(25(30)33-26)13-20(37-2)24(38-3)22(23)29;1-20(2,3)31-19(28)26-8-9-27(21(11-26)6-7-21)18-24-15-12(17(23)25-18)10-13(29-4)16(30-5)14(15)22;1-23-10-7-9-12(11(17)13(10)24-2)20-15(21-14(9)18)22-6-5-19-8-16(22)3-4-16;1-2-13-10(7-11(14)15)8-3-5-9(12)6-4-8;1-10(2,3)15-9(14)13-7-6-12-11(8-13)4-5-11;1-16-5-3-4-7(6(12)8(5)17-2)14-10(11)15-9(4)13;;/h5-8,13,19,31H,4,9-12,14-15H2,1-3H3,(H2,30,32,33);10H,6-9,11H2,1-5H3,(H2,23,24,25);7,19H,3-6,8H2,1-2H3,(H2,18,20,21);3-6,10,13H,2,7H2,1H3,(H,14,15);12H,4-8H2,1-3H3;3H,1-2H3,(H2,13,14,15);1H;/t19-;;;10-;;;;/m1..1..../s1/i;;;;;;1T;. The van der Waals surface area contributed by atoms with Gasteiger partial charge in [0.15, 0.2) is 69.3 Å². The fraction of sp³-hybridized carbons (Fsp3) is 0.500. The first kappa shape index (κ1) is 109. The predicted octanol–water partition coefficient (Wildman–Crippen LogP) is 12.4. The zero-order valence-electron chi connectivity index (χ0n) is 83.5. The molecule has 0 unspecified atom stereocenters. The fourth-order valence-corrected chi connectivity index (χ4v) is 17.7. The van der Waals surface area contributed by atoms with Crippen molar-refractivity contribution in [3.8, 4) is 46.0 Å². The first-order chi connectivity index (χ1) is 67.6. The number of amides is 3. The predicted molar refractivity (Wildman–Crippen MR) is 526 cm³/mol. The van der Waals surface area contributed by atoms with E-state index >= 15 is 8.78 Å². The Hall–Kier alpha value is -12.0. The number of carboxylic acids is 1. The van der Waals surface area contributed by atoms with Gasteiger partial charge >= 0.3 is 18.2 Å². The third kappa shape index (κ3) is 25.2. The molecule has 2 atom stereocenters. The van der Waals surface area contributed by atoms with Crippen molar-refractivity contribution in [3.05, 3.63) is 124 Å². The summed E-state index contributed by atoms with van der Waals surface area (Å²) in [6.07, 6.45) is 7.77. The van der Waals surface area contributed by atoms with Crippen LogP contribution in [0.5, 0.6) is 46.0 Å². The molecule has 764 valence electrons. The number of nitrogen functional groups attached to an aromatic ring is 4. The Kier molecular flexibility index (Phi) is 35.4. The second-order valence-electron chi connectivity index (χ2n) is 37.1. The SMILES string of the molecule is CC(C)(C)OC(=O)N1CCNC2(CC2)C1.CCN[C@H](CC(=O)N1CCN(c2nc(N)c3cc(OC)c(OC)c(F)c3n2)C2(CC2)C1)c1ccc(F)cc1.CCN[C@H](CC(=O)O)c1ccc(F)cc1.COc1cc2c(N)nc(Cl)nc2c(F)c1OC.COc1cc2c(N)nc(N3CCN(C(=O)OC(C)(C)C)CC34CC4)nc2c(F)c1OC.COc1cc2c(N)nc(N3CCNCC34CC4)nc2c(F)c1OC.[3H][B].[U]. The second kappa shape index (κ2) is 46.1. The van der Waals surface area contributed by atoms with E-state index in [4.69, 9.17) is 88.3 Å². The number of halogens is 7. The average Bonchev–Trinajstić information content (AvgIpc) is 1.56. The number of carboxylic acid groups (broad SMARTS) is 1. The first-order valence-electron chi connectivity index (χ1n) is 46.6. The number of ether oxygens (including phenoxy) is 10. The largest absolute Gasteiger partial charge is 0.493 e. The van der Waals surface area contributed by atoms with Crippen molar-refractivity contribution in [1.82, 2.24) is 75.8 Å². The molecule has 46 heteroatoms. The number of carbonyl (C=O) groups is 4. The van der Waals surface area contributed by atoms with Gasteiger partial charge < -0.3 is 126 Å². The first-order valence-corrected chi connectivity index (χ1v) is 46.4. The molecule has 4 saturated carbocycles. The molecular formula is C96H124BClF6N22O15U. The summed E-state index contributed by atoms with van der Waals surface area (Å²) in [6.45, 7) is 24.4. The number of nitrogens with two attached hydrogens (primary N) is 4. The number of aromatic nitrogens is 8. The van der Waals surface area contributed by atoms with Gasteiger partial charge in [-0.15, -0.1) is 0 Å². The summed E-state index contributed by atoms with van der Waals surface area (Å²) < 4.78 is 143. The number of aliphatic carboxylic acids is 1. The molecule has 142 heavy (non-hydrogen) atoms. The number of piperazine rings is 4. The van der Waals surface area contributed by atoms with Crippen molar-refractivity contribution in [2.24, 2.45) is 0 Å². The smallest absolute Gasteiger partial charge is 0.410 e. The topological polar surface area (TPSA) is 456 Å². The number of nitrogens with zero attached hydrogens (tertiary/aromatic N) is 14. The molecule has 6 aromatic carbocycles. The van der Waals surface area contributed by atoms with Gasteiger partial charge in [0, 0.05) is 164 Å². The Morgan fingerprint density at radius 2 is 0.796 bits per heavy atom. The molecule has 0 bridgehead atoms. The van der Waals surface area contributed by atoms with Crippen LogP contribution in [0.15, 0.2) is 72.8 Å². The van der Waals surface area contributed by atoms with E-state index in [1.54, 1.807) is 47.4 Å². The van der Waals surface area contributed by atoms with Crippen LogP contribution in [0.3, 0.4) is 0 Å². The van der Waals surface area contributed by atoms with Crippen LogP contribution in [-0.2, 0) is 19.1 Å². The zero-order valence-corrected chi connectivity index (χ0v) is 87.4. The molecule has 37 nitrogen and oxygen atoms in total. The number of fused-ring (bicyclic) bond motifs is 4. The number of nitrogens with one attached hydrogen (secondary N) is 4. The molecular weight excluding hydrogens is 2100 g/mol. The van der Waals surface area contributed by atoms with Gasteiger partial charge in [0.05, 0.1) is 79.9 Å². The molecule has 4 saturated heterocycles. The zero-order chi connectivity index (χ0) is 103. The van der Waals surface area contributed by atoms with Crippen LogP contribution in [-0.4, -0.2) is 275 Å². The number of methoxy groups -OCH3 is 8. The second-order valence-corrected chi connectivity index (χ2v) is 37.5. The molecule has 13 N–H and O–H groups in total. The minimum atomic E-state index is -0.870. The number of anilines is 7. The minimum absolute atomic E-state index is 0. The van der Waals surface area contributed by atoms with Crippen molar-refractivity contribution in [3.63, 3.8) is 0 Å². The molecule has 4 aliphatic carbocycles. The quantitative estimate of drug-likeness (QED) is 0.0183. The Morgan fingerprint density at radius 1 is 0.458 bits per heavy atom. The monoisotopic (exact) mass is 2220 g/mol. The van der Waals surface area contributed by atoms with Gasteiger partial charge in [-0.1, -0.05) is 38.1 Å². The molecule has 4 aliphatic heterocycles. The van der Waals surface area contributed by atoms with E-state index < -0.39 is 40.4 Å². The van der Waals surface area contributed by atoms with Crippen molar-refractivity contribution in [1.29, 1.82) is 1.34 Å². The normalized spacial score (nSPS) is 16.8. The molecule has 8 heterocycles. The van der Waals surface area contributed by atoms with Crippen LogP contribution in [0.25, 0.3) is 43.6 Å². The molecule has 3 amide bonds. The Bertz CT molecular complexity index is 6210. The Balaban J connectivity index is 0.000000169. The summed E-state index contributed by atoms with van der Waals surface area (Å²) in [5.41, 5.74) is 24.8. The van der Waals surface area contributed by atoms with Gasteiger partial charge in [-0.3, -0.25) is 9.59 Å². The van der Waals surface area contributed by atoms with Gasteiger partial charge in [0.25, 0.3) is 0 Å². The van der Waals surface area contributed by atoms with E-state index in [0.717, 1.165) is 88.9 Å². The van der Waals surface area contributed by atoms with Crippen molar-refractivity contribution < 1.29 is 129 Å². The van der Waals surface area contributed by atoms with E-state index in [-0.39, 0.29) is 205 Å². The number of rotatable bonds is 21. The number of hydrogen-bond donors (Lipinski definition) is 9. The number of carbonyl (C=O) groups excluding carboxylic acids is 3. The maximum atomic E-state index is 15.3. The van der Waals surface area contributed by atoms with Gasteiger partial charge in [-0.2, -0.15) is 15.0 Å². The van der Waals surface area contributed by atoms with Crippen molar-refractivity contribution in [2.75, 3.05) is 186 Å². The third-order valence-corrected chi connectivity index (χ3v) is 25.5. The van der Waals surface area contributed by atoms with Crippen LogP contribution in [0.4, 0.5) is 77.0 Å². The fourth-order valence-electron chi connectivity index (χ4n) is 17.6.